The van der Waals surface area contributed by atoms with Crippen LogP contribution in [0.2, 0.25) is 0 Å². The fraction of sp³-hybridized carbons (Fsp3) is 0.923. The fourth-order valence-electron chi connectivity index (χ4n) is 1.75. The van der Waals surface area contributed by atoms with Crippen LogP contribution in [-0.2, 0) is 9.53 Å². The smallest absolute Gasteiger partial charge is 0.305 e. The number of hydrogen-bond donors (Lipinski definition) is 1. The van der Waals surface area contributed by atoms with E-state index in [0.29, 0.717) is 6.42 Å². The molecule has 2 N–H and O–H groups in total. The highest BCUT2D eigenvalue weighted by atomic mass is 16.5. The third kappa shape index (κ3) is 11.5. The maximum Gasteiger partial charge on any atom is 0.305 e. The number of carbonyl (C=O) groups is 1. The number of esters is 1. The lowest BCUT2D eigenvalue weighted by molar-refractivity contribution is -0.140. The second-order valence-corrected chi connectivity index (χ2v) is 4.30. The van der Waals surface area contributed by atoms with Crippen molar-refractivity contribution < 1.29 is 9.53 Å². The first kappa shape index (κ1) is 15.4. The van der Waals surface area contributed by atoms with Gasteiger partial charge in [0.25, 0.3) is 0 Å². The first-order valence-corrected chi connectivity index (χ1v) is 6.58. The average Bonchev–Trinajstić information content (AvgIpc) is 2.31. The fourth-order valence-corrected chi connectivity index (χ4v) is 1.75. The zero-order chi connectivity index (χ0) is 12.1. The van der Waals surface area contributed by atoms with E-state index in [0.717, 1.165) is 19.4 Å². The van der Waals surface area contributed by atoms with Gasteiger partial charge in [0.2, 0.25) is 0 Å². The van der Waals surface area contributed by atoms with Gasteiger partial charge in [0.1, 0.15) is 0 Å². The lowest BCUT2D eigenvalue weighted by atomic mass is 10.1. The molecular weight excluding hydrogens is 202 g/mol. The van der Waals surface area contributed by atoms with Crippen LogP contribution in [0.15, 0.2) is 0 Å². The Kier molecular flexibility index (Phi) is 12.1. The van der Waals surface area contributed by atoms with Crippen LogP contribution in [0.5, 0.6) is 0 Å². The summed E-state index contributed by atoms with van der Waals surface area (Å²) in [7, 11) is 1.45. The summed E-state index contributed by atoms with van der Waals surface area (Å²) in [6, 6.07) is 0. The minimum Gasteiger partial charge on any atom is -0.469 e. The molecule has 96 valence electrons. The van der Waals surface area contributed by atoms with E-state index in [-0.39, 0.29) is 5.97 Å². The molecule has 0 fully saturated rings. The predicted octanol–water partition coefficient (Wildman–Crippen LogP) is 3.02. The summed E-state index contributed by atoms with van der Waals surface area (Å²) in [6.07, 6.45) is 11.7. The van der Waals surface area contributed by atoms with Gasteiger partial charge >= 0.3 is 5.97 Å². The number of unbranched alkanes of at least 4 members (excludes halogenated alkanes) is 8. The van der Waals surface area contributed by atoms with Crippen molar-refractivity contribution in [2.75, 3.05) is 13.7 Å². The van der Waals surface area contributed by atoms with Crippen LogP contribution in [0.25, 0.3) is 0 Å². The van der Waals surface area contributed by atoms with Gasteiger partial charge in [-0.1, -0.05) is 44.9 Å². The quantitative estimate of drug-likeness (QED) is 0.437. The van der Waals surface area contributed by atoms with Crippen molar-refractivity contribution in [1.29, 1.82) is 0 Å². The van der Waals surface area contributed by atoms with Gasteiger partial charge in [-0.2, -0.15) is 0 Å². The van der Waals surface area contributed by atoms with Crippen molar-refractivity contribution in [2.45, 2.75) is 64.2 Å². The largest absolute Gasteiger partial charge is 0.469 e. The van der Waals surface area contributed by atoms with E-state index in [4.69, 9.17) is 5.73 Å². The molecule has 0 aliphatic rings. The molecular formula is C13H27NO2. The van der Waals surface area contributed by atoms with Gasteiger partial charge in [-0.15, -0.1) is 0 Å². The van der Waals surface area contributed by atoms with E-state index in [9.17, 15) is 4.79 Å². The molecule has 0 aliphatic heterocycles. The minimum atomic E-state index is -0.0817. The molecule has 0 saturated heterocycles. The van der Waals surface area contributed by atoms with Crippen molar-refractivity contribution in [3.05, 3.63) is 0 Å². The van der Waals surface area contributed by atoms with E-state index in [1.807, 2.05) is 0 Å². The van der Waals surface area contributed by atoms with Gasteiger partial charge in [0.05, 0.1) is 7.11 Å². The van der Waals surface area contributed by atoms with Crippen LogP contribution in [0.4, 0.5) is 0 Å². The maximum atomic E-state index is 10.8. The molecule has 16 heavy (non-hydrogen) atoms. The predicted molar refractivity (Wildman–Crippen MR) is 67.2 cm³/mol. The van der Waals surface area contributed by atoms with Crippen LogP contribution >= 0.6 is 0 Å². The Morgan fingerprint density at radius 3 is 1.75 bits per heavy atom. The molecule has 3 heteroatoms. The highest BCUT2D eigenvalue weighted by molar-refractivity contribution is 5.68. The molecule has 0 amide bonds. The van der Waals surface area contributed by atoms with Gasteiger partial charge in [0.15, 0.2) is 0 Å². The van der Waals surface area contributed by atoms with Gasteiger partial charge in [-0.05, 0) is 19.4 Å². The van der Waals surface area contributed by atoms with Gasteiger partial charge in [0, 0.05) is 6.42 Å². The summed E-state index contributed by atoms with van der Waals surface area (Å²) >= 11 is 0. The van der Waals surface area contributed by atoms with Crippen LogP contribution in [0.3, 0.4) is 0 Å². The molecule has 0 radical (unpaired) electrons. The van der Waals surface area contributed by atoms with Gasteiger partial charge < -0.3 is 10.5 Å². The molecule has 0 aromatic carbocycles. The van der Waals surface area contributed by atoms with Crippen molar-refractivity contribution in [3.63, 3.8) is 0 Å². The summed E-state index contributed by atoms with van der Waals surface area (Å²) in [4.78, 5) is 10.8. The summed E-state index contributed by atoms with van der Waals surface area (Å²) in [5, 5.41) is 0. The molecule has 0 atom stereocenters. The van der Waals surface area contributed by atoms with Crippen molar-refractivity contribution >= 4 is 5.97 Å². The molecule has 0 aromatic heterocycles. The molecule has 0 aliphatic carbocycles. The summed E-state index contributed by atoms with van der Waals surface area (Å²) in [5.74, 6) is -0.0817. The number of ether oxygens (including phenoxy) is 1. The third-order valence-electron chi connectivity index (χ3n) is 2.81. The molecule has 0 bridgehead atoms. The van der Waals surface area contributed by atoms with Crippen molar-refractivity contribution in [2.24, 2.45) is 5.73 Å². The molecule has 0 heterocycles. The SMILES string of the molecule is COC(=O)CCCCCCCCCCCN. The molecule has 0 aromatic rings. The normalized spacial score (nSPS) is 10.4. The standard InChI is InChI=1S/C13H27NO2/c1-16-13(15)11-9-7-5-3-2-4-6-8-10-12-14/h2-12,14H2,1H3. The van der Waals surface area contributed by atoms with Crippen LogP contribution in [-0.4, -0.2) is 19.6 Å². The summed E-state index contributed by atoms with van der Waals surface area (Å²) < 4.78 is 4.58. The zero-order valence-corrected chi connectivity index (χ0v) is 10.7. The second kappa shape index (κ2) is 12.5. The van der Waals surface area contributed by atoms with Crippen LogP contribution < -0.4 is 5.73 Å². The molecule has 0 spiro atoms. The molecule has 0 saturated carbocycles. The molecule has 3 nitrogen and oxygen atoms in total. The van der Waals surface area contributed by atoms with E-state index < -0.39 is 0 Å². The van der Waals surface area contributed by atoms with Gasteiger partial charge in [-0.3, -0.25) is 4.79 Å². The first-order chi connectivity index (χ1) is 7.81. The molecule has 0 rings (SSSR count). The lowest BCUT2D eigenvalue weighted by Gasteiger charge is -2.01. The highest BCUT2D eigenvalue weighted by Gasteiger charge is 1.98. The maximum absolute atomic E-state index is 10.8. The van der Waals surface area contributed by atoms with Crippen molar-refractivity contribution in [1.82, 2.24) is 0 Å². The van der Waals surface area contributed by atoms with E-state index >= 15 is 0 Å². The Morgan fingerprint density at radius 2 is 1.31 bits per heavy atom. The number of rotatable bonds is 11. The lowest BCUT2D eigenvalue weighted by Crippen LogP contribution is -1.99. The number of nitrogens with two attached hydrogens (primary N) is 1. The van der Waals surface area contributed by atoms with E-state index in [1.54, 1.807) is 0 Å². The Labute approximate surface area is 99.7 Å². The Morgan fingerprint density at radius 1 is 0.875 bits per heavy atom. The van der Waals surface area contributed by atoms with Crippen LogP contribution in [0, 0.1) is 0 Å². The average molecular weight is 229 g/mol. The molecule has 0 unspecified atom stereocenters. The second-order valence-electron chi connectivity index (χ2n) is 4.30. The highest BCUT2D eigenvalue weighted by Crippen LogP contribution is 2.10. The first-order valence-electron chi connectivity index (χ1n) is 6.58. The number of carbonyl (C=O) groups excluding carboxylic acids is 1. The Bertz CT molecular complexity index is 160. The number of hydrogen-bond acceptors (Lipinski definition) is 3. The Balaban J connectivity index is 2.96. The van der Waals surface area contributed by atoms with E-state index in [1.165, 1.54) is 52.1 Å². The van der Waals surface area contributed by atoms with Gasteiger partial charge in [-0.25, -0.2) is 0 Å². The minimum absolute atomic E-state index is 0.0817. The Hall–Kier alpha value is -0.570. The summed E-state index contributed by atoms with van der Waals surface area (Å²) in [6.45, 7) is 0.827. The van der Waals surface area contributed by atoms with E-state index in [2.05, 4.69) is 4.74 Å². The zero-order valence-electron chi connectivity index (χ0n) is 10.7. The van der Waals surface area contributed by atoms with Crippen LogP contribution in [0.1, 0.15) is 64.2 Å². The monoisotopic (exact) mass is 229 g/mol. The van der Waals surface area contributed by atoms with Crippen molar-refractivity contribution in [3.8, 4) is 0 Å². The topological polar surface area (TPSA) is 52.3 Å². The number of methoxy groups -OCH3 is 1. The third-order valence-corrected chi connectivity index (χ3v) is 2.81. The summed E-state index contributed by atoms with van der Waals surface area (Å²) in [5.41, 5.74) is 5.42.